The quantitative estimate of drug-likeness (QED) is 0.634. The third-order valence-electron chi connectivity index (χ3n) is 2.42. The Hall–Kier alpha value is -0.870. The molecule has 0 heterocycles. The first-order valence-corrected chi connectivity index (χ1v) is 7.00. The molecule has 1 aromatic rings. The van der Waals surface area contributed by atoms with Gasteiger partial charge in [-0.2, -0.15) is 0 Å². The molecule has 0 saturated heterocycles. The van der Waals surface area contributed by atoms with Gasteiger partial charge < -0.3 is 14.8 Å². The minimum atomic E-state index is 0.289. The molecule has 0 radical (unpaired) electrons. The van der Waals surface area contributed by atoms with Crippen LogP contribution in [0.1, 0.15) is 26.3 Å². The number of nitrogens with one attached hydrogen (secondary N) is 1. The van der Waals surface area contributed by atoms with Gasteiger partial charge in [0.15, 0.2) is 0 Å². The number of rotatable bonds is 6. The molecule has 0 atom stereocenters. The molecule has 102 valence electrons. The minimum absolute atomic E-state index is 0.289. The van der Waals surface area contributed by atoms with E-state index in [1.54, 1.807) is 14.2 Å². The largest absolute Gasteiger partial charge is 0.497 e. The monoisotopic (exact) mass is 269 g/mol. The Bertz CT molecular complexity index is 375. The molecule has 0 amide bonds. The highest BCUT2D eigenvalue weighted by Crippen LogP contribution is 2.25. The Balaban J connectivity index is 2.51. The lowest BCUT2D eigenvalue weighted by molar-refractivity contribution is 0.390. The zero-order valence-corrected chi connectivity index (χ0v) is 12.7. The predicted octanol–water partition coefficient (Wildman–Crippen LogP) is 3.28. The molecule has 0 bridgehead atoms. The Morgan fingerprint density at radius 1 is 1.17 bits per heavy atom. The zero-order valence-electron chi connectivity index (χ0n) is 11.9. The van der Waals surface area contributed by atoms with Crippen LogP contribution in [0, 0.1) is 0 Å². The fourth-order valence-electron chi connectivity index (χ4n) is 1.45. The zero-order chi connectivity index (χ0) is 13.6. The Labute approximate surface area is 114 Å². The van der Waals surface area contributed by atoms with Crippen LogP contribution in [-0.2, 0) is 6.54 Å². The van der Waals surface area contributed by atoms with Crippen LogP contribution in [-0.4, -0.2) is 24.8 Å². The van der Waals surface area contributed by atoms with Crippen molar-refractivity contribution in [2.24, 2.45) is 0 Å². The van der Waals surface area contributed by atoms with Crippen molar-refractivity contribution in [2.75, 3.05) is 20.1 Å². The lowest BCUT2D eigenvalue weighted by Gasteiger charge is -2.18. The summed E-state index contributed by atoms with van der Waals surface area (Å²) in [5.74, 6) is 2.61. The molecule has 0 aliphatic heterocycles. The summed E-state index contributed by atoms with van der Waals surface area (Å²) >= 11 is 1.90. The number of thioether (sulfide) groups is 1. The predicted molar refractivity (Wildman–Crippen MR) is 78.6 cm³/mol. The van der Waals surface area contributed by atoms with Crippen molar-refractivity contribution >= 4 is 11.8 Å². The molecule has 1 rings (SSSR count). The SMILES string of the molecule is COc1ccc(CNCSC(C)(C)C)c(OC)c1. The number of ether oxygens (including phenoxy) is 2. The van der Waals surface area contributed by atoms with E-state index < -0.39 is 0 Å². The van der Waals surface area contributed by atoms with Crippen LogP contribution in [0.3, 0.4) is 0 Å². The van der Waals surface area contributed by atoms with E-state index in [0.29, 0.717) is 0 Å². The number of methoxy groups -OCH3 is 2. The second-order valence-electron chi connectivity index (χ2n) is 5.01. The maximum atomic E-state index is 5.36. The average molecular weight is 269 g/mol. The summed E-state index contributed by atoms with van der Waals surface area (Å²) in [5.41, 5.74) is 1.15. The van der Waals surface area contributed by atoms with Crippen LogP contribution >= 0.6 is 11.8 Å². The van der Waals surface area contributed by atoms with E-state index in [1.165, 1.54) is 0 Å². The van der Waals surface area contributed by atoms with Crippen LogP contribution in [0.5, 0.6) is 11.5 Å². The maximum Gasteiger partial charge on any atom is 0.127 e. The van der Waals surface area contributed by atoms with Gasteiger partial charge in [-0.15, -0.1) is 11.8 Å². The maximum absolute atomic E-state index is 5.36. The van der Waals surface area contributed by atoms with E-state index in [4.69, 9.17) is 9.47 Å². The molecular formula is C14H23NO2S. The minimum Gasteiger partial charge on any atom is -0.497 e. The highest BCUT2D eigenvalue weighted by molar-refractivity contribution is 8.00. The molecule has 18 heavy (non-hydrogen) atoms. The van der Waals surface area contributed by atoms with Gasteiger partial charge in [0, 0.05) is 28.8 Å². The van der Waals surface area contributed by atoms with E-state index in [2.05, 4.69) is 26.1 Å². The fraction of sp³-hybridized carbons (Fsp3) is 0.571. The lowest BCUT2D eigenvalue weighted by atomic mass is 10.2. The standard InChI is InChI=1S/C14H23NO2S/c1-14(2,3)18-10-15-9-11-6-7-12(16-4)8-13(11)17-5/h6-8,15H,9-10H2,1-5H3. The molecule has 0 aliphatic carbocycles. The lowest BCUT2D eigenvalue weighted by Crippen LogP contribution is -2.18. The molecule has 1 N–H and O–H groups in total. The smallest absolute Gasteiger partial charge is 0.127 e. The summed E-state index contributed by atoms with van der Waals surface area (Å²) in [7, 11) is 3.34. The topological polar surface area (TPSA) is 30.5 Å². The van der Waals surface area contributed by atoms with Gasteiger partial charge in [-0.05, 0) is 6.07 Å². The van der Waals surface area contributed by atoms with Gasteiger partial charge in [-0.3, -0.25) is 0 Å². The van der Waals surface area contributed by atoms with Gasteiger partial charge in [0.05, 0.1) is 14.2 Å². The van der Waals surface area contributed by atoms with Gasteiger partial charge in [0.25, 0.3) is 0 Å². The van der Waals surface area contributed by atoms with Gasteiger partial charge in [-0.25, -0.2) is 0 Å². The van der Waals surface area contributed by atoms with Gasteiger partial charge in [0.2, 0.25) is 0 Å². The fourth-order valence-corrected chi connectivity index (χ4v) is 2.09. The Morgan fingerprint density at radius 3 is 2.44 bits per heavy atom. The molecule has 0 unspecified atom stereocenters. The van der Waals surface area contributed by atoms with Crippen LogP contribution in [0.25, 0.3) is 0 Å². The van der Waals surface area contributed by atoms with Crippen molar-refractivity contribution in [2.45, 2.75) is 32.1 Å². The molecular weight excluding hydrogens is 246 g/mol. The summed E-state index contributed by atoms with van der Waals surface area (Å²) < 4.78 is 10.8. The van der Waals surface area contributed by atoms with Crippen molar-refractivity contribution in [3.8, 4) is 11.5 Å². The van der Waals surface area contributed by atoms with Crippen molar-refractivity contribution in [1.82, 2.24) is 5.32 Å². The summed E-state index contributed by atoms with van der Waals surface area (Å²) in [6.07, 6.45) is 0. The van der Waals surface area contributed by atoms with Crippen LogP contribution in [0.2, 0.25) is 0 Å². The highest BCUT2D eigenvalue weighted by Gasteiger charge is 2.10. The van der Waals surface area contributed by atoms with Crippen LogP contribution in [0.4, 0.5) is 0 Å². The normalized spacial score (nSPS) is 11.4. The van der Waals surface area contributed by atoms with E-state index in [9.17, 15) is 0 Å². The second kappa shape index (κ2) is 6.90. The highest BCUT2D eigenvalue weighted by atomic mass is 32.2. The Morgan fingerprint density at radius 2 is 1.89 bits per heavy atom. The number of hydrogen-bond acceptors (Lipinski definition) is 4. The van der Waals surface area contributed by atoms with E-state index in [0.717, 1.165) is 29.5 Å². The molecule has 0 aromatic heterocycles. The molecule has 0 saturated carbocycles. The van der Waals surface area contributed by atoms with Crippen LogP contribution in [0.15, 0.2) is 18.2 Å². The number of benzene rings is 1. The van der Waals surface area contributed by atoms with Crippen LogP contribution < -0.4 is 14.8 Å². The summed E-state index contributed by atoms with van der Waals surface area (Å²) in [5, 5.41) is 3.41. The first kappa shape index (κ1) is 15.2. The van der Waals surface area contributed by atoms with Gasteiger partial charge in [-0.1, -0.05) is 26.8 Å². The van der Waals surface area contributed by atoms with E-state index in [1.807, 2.05) is 30.0 Å². The van der Waals surface area contributed by atoms with E-state index >= 15 is 0 Å². The van der Waals surface area contributed by atoms with Crippen molar-refractivity contribution in [3.63, 3.8) is 0 Å². The first-order chi connectivity index (χ1) is 8.46. The summed E-state index contributed by atoms with van der Waals surface area (Å²) in [4.78, 5) is 0. The van der Waals surface area contributed by atoms with Gasteiger partial charge in [0.1, 0.15) is 11.5 Å². The molecule has 4 heteroatoms. The number of hydrogen-bond donors (Lipinski definition) is 1. The van der Waals surface area contributed by atoms with Crippen molar-refractivity contribution < 1.29 is 9.47 Å². The molecule has 0 spiro atoms. The molecule has 3 nitrogen and oxygen atoms in total. The van der Waals surface area contributed by atoms with Crippen molar-refractivity contribution in [3.05, 3.63) is 23.8 Å². The first-order valence-electron chi connectivity index (χ1n) is 6.02. The van der Waals surface area contributed by atoms with Crippen molar-refractivity contribution in [1.29, 1.82) is 0 Å². The summed E-state index contributed by atoms with van der Waals surface area (Å²) in [6, 6.07) is 5.90. The second-order valence-corrected chi connectivity index (χ2v) is 6.81. The third kappa shape index (κ3) is 5.19. The molecule has 0 fully saturated rings. The van der Waals surface area contributed by atoms with E-state index in [-0.39, 0.29) is 4.75 Å². The Kier molecular flexibility index (Phi) is 5.82. The summed E-state index contributed by atoms with van der Waals surface area (Å²) in [6.45, 7) is 7.45. The molecule has 0 aliphatic rings. The third-order valence-corrected chi connectivity index (χ3v) is 3.63. The van der Waals surface area contributed by atoms with Gasteiger partial charge >= 0.3 is 0 Å². The average Bonchev–Trinajstić information content (AvgIpc) is 2.33. The molecule has 1 aromatic carbocycles.